The maximum atomic E-state index is 13.8. The largest absolute Gasteiger partial charge is 0.352 e. The fourth-order valence-electron chi connectivity index (χ4n) is 3.77. The van der Waals surface area contributed by atoms with E-state index in [1.54, 1.807) is 32.0 Å². The Morgan fingerprint density at radius 3 is 2.26 bits per heavy atom. The zero-order valence-corrected chi connectivity index (χ0v) is 24.2. The molecule has 2 aromatic carbocycles. The summed E-state index contributed by atoms with van der Waals surface area (Å²) in [6.45, 7) is 6.36. The third-order valence-corrected chi connectivity index (χ3v) is 7.94. The number of nitrogens with one attached hydrogen (secondary N) is 1. The summed E-state index contributed by atoms with van der Waals surface area (Å²) in [6, 6.07) is 7.52. The van der Waals surface area contributed by atoms with Gasteiger partial charge in [-0.25, -0.2) is 8.42 Å². The molecule has 0 aromatic heterocycles. The molecule has 0 aliphatic rings. The average molecular weight is 588 g/mol. The van der Waals surface area contributed by atoms with Gasteiger partial charge in [-0.3, -0.25) is 24.0 Å². The smallest absolute Gasteiger partial charge is 0.271 e. The van der Waals surface area contributed by atoms with Crippen LogP contribution in [0.15, 0.2) is 36.4 Å². The Morgan fingerprint density at radius 2 is 1.74 bits per heavy atom. The van der Waals surface area contributed by atoms with Gasteiger partial charge in [0.15, 0.2) is 0 Å². The lowest BCUT2D eigenvalue weighted by molar-refractivity contribution is -0.384. The third-order valence-electron chi connectivity index (χ3n) is 6.08. The number of nitro groups is 1. The van der Waals surface area contributed by atoms with Gasteiger partial charge in [-0.15, -0.1) is 0 Å². The van der Waals surface area contributed by atoms with Gasteiger partial charge < -0.3 is 10.2 Å². The number of rotatable bonds is 12. The van der Waals surface area contributed by atoms with Crippen LogP contribution in [-0.2, 0) is 26.2 Å². The number of anilines is 1. The molecule has 38 heavy (non-hydrogen) atoms. The highest BCUT2D eigenvalue weighted by Crippen LogP contribution is 2.28. The first-order valence-corrected chi connectivity index (χ1v) is 14.6. The van der Waals surface area contributed by atoms with Gasteiger partial charge in [0.05, 0.1) is 26.9 Å². The van der Waals surface area contributed by atoms with Crippen LogP contribution in [0, 0.1) is 17.0 Å². The van der Waals surface area contributed by atoms with Crippen LogP contribution in [-0.4, -0.2) is 54.9 Å². The minimum atomic E-state index is -4.05. The van der Waals surface area contributed by atoms with E-state index in [0.717, 1.165) is 16.6 Å². The van der Waals surface area contributed by atoms with E-state index in [-0.39, 0.29) is 41.3 Å². The van der Waals surface area contributed by atoms with Crippen molar-refractivity contribution in [1.29, 1.82) is 0 Å². The van der Waals surface area contributed by atoms with Gasteiger partial charge in [-0.05, 0) is 49.9 Å². The number of sulfonamides is 1. The number of nitrogens with zero attached hydrogens (tertiary/aromatic N) is 3. The molecule has 0 fully saturated rings. The molecule has 2 rings (SSSR count). The van der Waals surface area contributed by atoms with Gasteiger partial charge in [-0.2, -0.15) is 0 Å². The molecule has 0 saturated carbocycles. The van der Waals surface area contributed by atoms with Crippen molar-refractivity contribution in [3.05, 3.63) is 67.7 Å². The maximum Gasteiger partial charge on any atom is 0.271 e. The fourth-order valence-corrected chi connectivity index (χ4v) is 4.99. The Kier molecular flexibility index (Phi) is 10.9. The van der Waals surface area contributed by atoms with Crippen LogP contribution in [0.4, 0.5) is 11.4 Å². The van der Waals surface area contributed by atoms with Gasteiger partial charge in [-0.1, -0.05) is 49.2 Å². The molecule has 0 spiro atoms. The highest BCUT2D eigenvalue weighted by Gasteiger charge is 2.33. The van der Waals surface area contributed by atoms with Crippen LogP contribution in [0.2, 0.25) is 10.0 Å². The molecule has 208 valence electrons. The summed E-state index contributed by atoms with van der Waals surface area (Å²) in [4.78, 5) is 38.9. The summed E-state index contributed by atoms with van der Waals surface area (Å²) in [6.07, 6.45) is 1.84. The number of hydrogen-bond acceptors (Lipinski definition) is 6. The van der Waals surface area contributed by atoms with Crippen molar-refractivity contribution in [2.45, 2.75) is 59.2 Å². The highest BCUT2D eigenvalue weighted by molar-refractivity contribution is 7.92. The topological polar surface area (TPSA) is 130 Å². The quantitative estimate of drug-likeness (QED) is 0.283. The Morgan fingerprint density at radius 1 is 1.08 bits per heavy atom. The number of amides is 2. The lowest BCUT2D eigenvalue weighted by atomic mass is 10.1. The molecule has 13 heteroatoms. The zero-order valence-electron chi connectivity index (χ0n) is 21.9. The minimum absolute atomic E-state index is 0.00152. The number of nitro benzene ring substituents is 1. The molecule has 0 radical (unpaired) electrons. The van der Waals surface area contributed by atoms with Crippen molar-refractivity contribution in [3.63, 3.8) is 0 Å². The number of carbonyl (C=O) groups is 2. The summed E-state index contributed by atoms with van der Waals surface area (Å²) >= 11 is 12.2. The first kappa shape index (κ1) is 31.3. The molecule has 2 unspecified atom stereocenters. The molecule has 0 saturated heterocycles. The molecule has 1 N–H and O–H groups in total. The van der Waals surface area contributed by atoms with Crippen molar-refractivity contribution in [3.8, 4) is 0 Å². The van der Waals surface area contributed by atoms with E-state index in [0.29, 0.717) is 22.6 Å². The minimum Gasteiger partial charge on any atom is -0.352 e. The van der Waals surface area contributed by atoms with Crippen LogP contribution >= 0.6 is 23.2 Å². The van der Waals surface area contributed by atoms with Gasteiger partial charge in [0, 0.05) is 24.7 Å². The van der Waals surface area contributed by atoms with E-state index >= 15 is 0 Å². The first-order valence-electron chi connectivity index (χ1n) is 12.0. The molecule has 0 aliphatic heterocycles. The lowest BCUT2D eigenvalue weighted by Gasteiger charge is -2.33. The fraction of sp³-hybridized carbons (Fsp3) is 0.440. The summed E-state index contributed by atoms with van der Waals surface area (Å²) in [5.41, 5.74) is 0.687. The van der Waals surface area contributed by atoms with Crippen molar-refractivity contribution >= 4 is 56.4 Å². The number of hydrogen-bond donors (Lipinski definition) is 1. The Labute approximate surface area is 233 Å². The normalized spacial score (nSPS) is 12.9. The maximum absolute atomic E-state index is 13.8. The Balaban J connectivity index is 2.55. The zero-order chi connectivity index (χ0) is 28.8. The molecule has 2 atom stereocenters. The SMILES string of the molecule is CCC(C)NC(=O)C(CC)N(Cc1ccc(Cl)c(Cl)c1)C(=O)CN(c1cc([N+](=O)[O-])ccc1C)S(C)(=O)=O. The van der Waals surface area contributed by atoms with Crippen molar-refractivity contribution in [1.82, 2.24) is 10.2 Å². The van der Waals surface area contributed by atoms with Crippen molar-refractivity contribution in [2.75, 3.05) is 17.1 Å². The monoisotopic (exact) mass is 586 g/mol. The van der Waals surface area contributed by atoms with E-state index in [1.165, 1.54) is 17.0 Å². The summed E-state index contributed by atoms with van der Waals surface area (Å²) in [5, 5.41) is 14.8. The second-order valence-electron chi connectivity index (χ2n) is 9.01. The van der Waals surface area contributed by atoms with E-state index in [2.05, 4.69) is 5.32 Å². The Bertz CT molecular complexity index is 1300. The molecule has 2 amide bonds. The molecular formula is C25H32Cl2N4O6S. The van der Waals surface area contributed by atoms with Gasteiger partial charge in [0.25, 0.3) is 5.69 Å². The van der Waals surface area contributed by atoms with E-state index in [9.17, 15) is 28.1 Å². The predicted octanol–water partition coefficient (Wildman–Crippen LogP) is 4.70. The van der Waals surface area contributed by atoms with Crippen molar-refractivity contribution in [2.24, 2.45) is 0 Å². The average Bonchev–Trinajstić information content (AvgIpc) is 2.83. The summed E-state index contributed by atoms with van der Waals surface area (Å²) in [5.74, 6) is -1.05. The van der Waals surface area contributed by atoms with E-state index in [1.807, 2.05) is 13.8 Å². The van der Waals surface area contributed by atoms with Crippen LogP contribution in [0.25, 0.3) is 0 Å². The molecule has 10 nitrogen and oxygen atoms in total. The van der Waals surface area contributed by atoms with Crippen LogP contribution in [0.3, 0.4) is 0 Å². The number of carbonyl (C=O) groups excluding carboxylic acids is 2. The molecule has 2 aromatic rings. The van der Waals surface area contributed by atoms with E-state index < -0.39 is 33.4 Å². The molecule has 0 heterocycles. The second-order valence-corrected chi connectivity index (χ2v) is 11.7. The summed E-state index contributed by atoms with van der Waals surface area (Å²) < 4.78 is 26.4. The number of benzene rings is 2. The van der Waals surface area contributed by atoms with Crippen LogP contribution < -0.4 is 9.62 Å². The highest BCUT2D eigenvalue weighted by atomic mass is 35.5. The number of non-ortho nitro benzene ring substituents is 1. The van der Waals surface area contributed by atoms with Gasteiger partial charge >= 0.3 is 0 Å². The van der Waals surface area contributed by atoms with Gasteiger partial charge in [0.1, 0.15) is 12.6 Å². The van der Waals surface area contributed by atoms with Gasteiger partial charge in [0.2, 0.25) is 21.8 Å². The number of aryl methyl sites for hydroxylation is 1. The second kappa shape index (κ2) is 13.3. The molecule has 0 bridgehead atoms. The molecule has 0 aliphatic carbocycles. The lowest BCUT2D eigenvalue weighted by Crippen LogP contribution is -2.53. The first-order chi connectivity index (χ1) is 17.7. The number of halogens is 2. The summed E-state index contributed by atoms with van der Waals surface area (Å²) in [7, 11) is -4.05. The Hall–Kier alpha value is -2.89. The third kappa shape index (κ3) is 8.05. The van der Waals surface area contributed by atoms with Crippen LogP contribution in [0.5, 0.6) is 0 Å². The van der Waals surface area contributed by atoms with Crippen molar-refractivity contribution < 1.29 is 22.9 Å². The van der Waals surface area contributed by atoms with E-state index in [4.69, 9.17) is 23.2 Å². The standard InChI is InChI=1S/C25H32Cl2N4O6S/c1-6-17(4)28-25(33)22(7-2)29(14-18-9-11-20(26)21(27)12-18)24(32)15-30(38(5,36)37)23-13-19(31(34)35)10-8-16(23)3/h8-13,17,22H,6-7,14-15H2,1-5H3,(H,28,33). The predicted molar refractivity (Wildman–Crippen MR) is 149 cm³/mol. The van der Waals surface area contributed by atoms with Crippen LogP contribution in [0.1, 0.15) is 44.7 Å². The molecular weight excluding hydrogens is 555 g/mol.